The molecule has 0 aliphatic rings. The van der Waals surface area contributed by atoms with Crippen molar-refractivity contribution >= 4 is 20.1 Å². The van der Waals surface area contributed by atoms with E-state index in [1.807, 2.05) is 0 Å². The Labute approximate surface area is 153 Å². The Balaban J connectivity index is 0.000000197. The molecular weight excluding hydrogens is 375 g/mol. The molecule has 7 heteroatoms. The molecule has 3 rings (SSSR count). The van der Waals surface area contributed by atoms with Crippen LogP contribution in [0.1, 0.15) is 5.56 Å². The van der Waals surface area contributed by atoms with Crippen LogP contribution in [0.3, 0.4) is 0 Å². The topological polar surface area (TPSA) is 68.3 Å². The zero-order valence-corrected chi connectivity index (χ0v) is 15.3. The van der Waals surface area contributed by atoms with Gasteiger partial charge in [0.1, 0.15) is 5.75 Å². The Kier molecular flexibility index (Phi) is 6.65. The van der Waals surface area contributed by atoms with Crippen LogP contribution in [0.25, 0.3) is 0 Å². The van der Waals surface area contributed by atoms with Crippen molar-refractivity contribution in [2.75, 3.05) is 0 Å². The van der Waals surface area contributed by atoms with Crippen LogP contribution in [0.4, 0.5) is 3.89 Å². The zero-order valence-electron chi connectivity index (χ0n) is 13.7. The number of sulfone groups is 1. The molecule has 26 heavy (non-hydrogen) atoms. The van der Waals surface area contributed by atoms with Crippen molar-refractivity contribution in [3.63, 3.8) is 0 Å². The molecule has 0 fully saturated rings. The Morgan fingerprint density at radius 1 is 0.577 bits per heavy atom. The van der Waals surface area contributed by atoms with Gasteiger partial charge in [-0.15, -0.1) is 3.89 Å². The number of rotatable bonds is 4. The third kappa shape index (κ3) is 6.09. The minimum Gasteiger partial charge on any atom is -0.219 e. The first kappa shape index (κ1) is 19.8. The Hall–Kier alpha value is -2.51. The standard InChI is InChI=1S/C12H10O2S.C7H7FO2S/c13-15(14,11-7-3-1-4-8-11)12-9-5-2-6-10-12;8-11(9,10)6-7-4-2-1-3-5-7/h1-10H;1-5H,6H2. The van der Waals surface area contributed by atoms with Crippen molar-refractivity contribution in [2.45, 2.75) is 15.5 Å². The summed E-state index contributed by atoms with van der Waals surface area (Å²) in [5.74, 6) is -0.534. The van der Waals surface area contributed by atoms with Crippen molar-refractivity contribution < 1.29 is 20.7 Å². The molecule has 4 nitrogen and oxygen atoms in total. The molecule has 0 heterocycles. The molecule has 0 saturated carbocycles. The molecule has 136 valence electrons. The van der Waals surface area contributed by atoms with E-state index in [0.717, 1.165) is 0 Å². The Bertz CT molecular complexity index is 973. The summed E-state index contributed by atoms with van der Waals surface area (Å²) in [5, 5.41) is 0. The molecule has 0 atom stereocenters. The highest BCUT2D eigenvalue weighted by Gasteiger charge is 2.15. The van der Waals surface area contributed by atoms with E-state index in [2.05, 4.69) is 0 Å². The summed E-state index contributed by atoms with van der Waals surface area (Å²) >= 11 is 0. The average molecular weight is 392 g/mol. The van der Waals surface area contributed by atoms with Crippen molar-refractivity contribution in [2.24, 2.45) is 0 Å². The smallest absolute Gasteiger partial charge is 0.219 e. The van der Waals surface area contributed by atoms with E-state index in [0.29, 0.717) is 15.4 Å². The number of benzene rings is 3. The van der Waals surface area contributed by atoms with Gasteiger partial charge in [-0.1, -0.05) is 66.7 Å². The summed E-state index contributed by atoms with van der Waals surface area (Å²) in [6.45, 7) is 0. The molecule has 0 unspecified atom stereocenters. The van der Waals surface area contributed by atoms with Gasteiger partial charge in [-0.25, -0.2) is 8.42 Å². The van der Waals surface area contributed by atoms with E-state index in [1.54, 1.807) is 91.0 Å². The van der Waals surface area contributed by atoms with Crippen LogP contribution in [0.2, 0.25) is 0 Å². The minimum atomic E-state index is -4.38. The lowest BCUT2D eigenvalue weighted by atomic mass is 10.2. The summed E-state index contributed by atoms with van der Waals surface area (Å²) in [6.07, 6.45) is 0. The summed E-state index contributed by atoms with van der Waals surface area (Å²) in [4.78, 5) is 0.660. The molecule has 0 saturated heterocycles. The second-order valence-electron chi connectivity index (χ2n) is 5.30. The maximum Gasteiger partial charge on any atom is 0.306 e. The predicted octanol–water partition coefficient (Wildman–Crippen LogP) is 4.01. The maximum absolute atomic E-state index is 12.0. The summed E-state index contributed by atoms with van der Waals surface area (Å²) in [5.41, 5.74) is 0.468. The molecule has 3 aromatic rings. The van der Waals surface area contributed by atoms with E-state index in [1.165, 1.54) is 0 Å². The molecule has 3 aromatic carbocycles. The van der Waals surface area contributed by atoms with Crippen LogP contribution >= 0.6 is 0 Å². The van der Waals surface area contributed by atoms with Crippen LogP contribution in [0, 0.1) is 0 Å². The van der Waals surface area contributed by atoms with Gasteiger partial charge in [0, 0.05) is 0 Å². The van der Waals surface area contributed by atoms with Crippen molar-refractivity contribution in [3.05, 3.63) is 96.6 Å². The van der Waals surface area contributed by atoms with Gasteiger partial charge in [0.05, 0.1) is 9.79 Å². The molecule has 0 aliphatic carbocycles. The Morgan fingerprint density at radius 3 is 1.27 bits per heavy atom. The molecular formula is C19H17FO4S2. The van der Waals surface area contributed by atoms with Gasteiger partial charge in [0.25, 0.3) is 0 Å². The third-order valence-electron chi connectivity index (χ3n) is 3.29. The normalized spacial score (nSPS) is 11.3. The van der Waals surface area contributed by atoms with Crippen LogP contribution in [0.5, 0.6) is 0 Å². The summed E-state index contributed by atoms with van der Waals surface area (Å²) in [7, 11) is -7.72. The number of halogens is 1. The molecule has 0 aromatic heterocycles. The third-order valence-corrected chi connectivity index (χ3v) is 5.75. The molecule has 0 N–H and O–H groups in total. The van der Waals surface area contributed by atoms with Crippen LogP contribution in [0.15, 0.2) is 101 Å². The van der Waals surface area contributed by atoms with Gasteiger partial charge in [-0.05, 0) is 29.8 Å². The Morgan fingerprint density at radius 2 is 0.923 bits per heavy atom. The van der Waals surface area contributed by atoms with Crippen LogP contribution in [-0.2, 0) is 25.8 Å². The van der Waals surface area contributed by atoms with Crippen molar-refractivity contribution in [3.8, 4) is 0 Å². The second-order valence-corrected chi connectivity index (χ2v) is 8.61. The van der Waals surface area contributed by atoms with E-state index < -0.39 is 25.8 Å². The van der Waals surface area contributed by atoms with Crippen LogP contribution < -0.4 is 0 Å². The monoisotopic (exact) mass is 392 g/mol. The first-order valence-corrected chi connectivity index (χ1v) is 10.6. The van der Waals surface area contributed by atoms with Gasteiger partial charge in [-0.2, -0.15) is 8.42 Å². The van der Waals surface area contributed by atoms with E-state index >= 15 is 0 Å². The molecule has 0 radical (unpaired) electrons. The highest BCUT2D eigenvalue weighted by molar-refractivity contribution is 7.91. The fourth-order valence-corrected chi connectivity index (χ4v) is 4.00. The highest BCUT2D eigenvalue weighted by Crippen LogP contribution is 2.19. The molecule has 0 spiro atoms. The fourth-order valence-electron chi connectivity index (χ4n) is 2.11. The maximum atomic E-state index is 12.0. The average Bonchev–Trinajstić information content (AvgIpc) is 2.63. The number of hydrogen-bond acceptors (Lipinski definition) is 4. The van der Waals surface area contributed by atoms with Crippen molar-refractivity contribution in [1.29, 1.82) is 0 Å². The summed E-state index contributed by atoms with van der Waals surface area (Å²) < 4.78 is 56.4. The lowest BCUT2D eigenvalue weighted by molar-refractivity contribution is 0.551. The summed E-state index contributed by atoms with van der Waals surface area (Å²) in [6, 6.07) is 25.1. The van der Waals surface area contributed by atoms with Gasteiger partial charge in [0.2, 0.25) is 9.84 Å². The SMILES string of the molecule is O=S(=O)(F)Cc1ccccc1.O=S(=O)(c1ccccc1)c1ccccc1. The van der Waals surface area contributed by atoms with Gasteiger partial charge >= 0.3 is 10.2 Å². The molecule has 0 bridgehead atoms. The quantitative estimate of drug-likeness (QED) is 0.629. The first-order chi connectivity index (χ1) is 12.3. The predicted molar refractivity (Wildman–Crippen MR) is 98.5 cm³/mol. The molecule has 0 aliphatic heterocycles. The van der Waals surface area contributed by atoms with Crippen molar-refractivity contribution in [1.82, 2.24) is 0 Å². The van der Waals surface area contributed by atoms with E-state index in [-0.39, 0.29) is 0 Å². The van der Waals surface area contributed by atoms with E-state index in [4.69, 9.17) is 0 Å². The van der Waals surface area contributed by atoms with Gasteiger partial charge < -0.3 is 0 Å². The number of hydrogen-bond donors (Lipinski definition) is 0. The second kappa shape index (κ2) is 8.73. The highest BCUT2D eigenvalue weighted by atomic mass is 32.3. The lowest BCUT2D eigenvalue weighted by Crippen LogP contribution is -2.00. The molecule has 0 amide bonds. The minimum absolute atomic E-state index is 0.330. The van der Waals surface area contributed by atoms with Gasteiger partial charge in [-0.3, -0.25) is 0 Å². The van der Waals surface area contributed by atoms with Gasteiger partial charge in [0.15, 0.2) is 0 Å². The fraction of sp³-hybridized carbons (Fsp3) is 0.0526. The van der Waals surface area contributed by atoms with E-state index in [9.17, 15) is 20.7 Å². The largest absolute Gasteiger partial charge is 0.306 e. The first-order valence-electron chi connectivity index (χ1n) is 7.60. The lowest BCUT2D eigenvalue weighted by Gasteiger charge is -2.03. The zero-order chi connectivity index (χ0) is 19.0. The van der Waals surface area contributed by atoms with Crippen LogP contribution in [-0.4, -0.2) is 16.8 Å².